The first-order chi connectivity index (χ1) is 24.5. The van der Waals surface area contributed by atoms with Gasteiger partial charge in [0.2, 0.25) is 5.82 Å². The molecule has 1 aromatic heterocycles. The second kappa shape index (κ2) is 14.5. The lowest BCUT2D eigenvalue weighted by Crippen LogP contribution is -2.48. The van der Waals surface area contributed by atoms with Crippen molar-refractivity contribution in [1.29, 1.82) is 0 Å². The van der Waals surface area contributed by atoms with E-state index in [4.69, 9.17) is 24.9 Å². The molecule has 0 saturated heterocycles. The quantitative estimate of drug-likeness (QED) is 0.0840. The van der Waals surface area contributed by atoms with Crippen molar-refractivity contribution in [3.8, 4) is 17.1 Å². The van der Waals surface area contributed by atoms with E-state index < -0.39 is 10.1 Å². The van der Waals surface area contributed by atoms with Gasteiger partial charge in [0, 0.05) is 40.5 Å². The van der Waals surface area contributed by atoms with Gasteiger partial charge in [-0.05, 0) is 87.1 Å². The van der Waals surface area contributed by atoms with Crippen LogP contribution in [0.25, 0.3) is 11.4 Å². The highest BCUT2D eigenvalue weighted by atomic mass is 32.2. The minimum absolute atomic E-state index is 0.0639. The molecule has 2 N–H and O–H groups in total. The van der Waals surface area contributed by atoms with Gasteiger partial charge >= 0.3 is 0 Å². The maximum absolute atomic E-state index is 11.5. The molecular weight excluding hydrogens is 675 g/mol. The Labute approximate surface area is 308 Å². The van der Waals surface area contributed by atoms with Crippen LogP contribution in [0.5, 0.6) is 5.75 Å². The largest absolute Gasteiger partial charge is 0.473 e. The number of benzene rings is 3. The van der Waals surface area contributed by atoms with Crippen LogP contribution in [0, 0.1) is 12.3 Å². The van der Waals surface area contributed by atoms with Gasteiger partial charge in [-0.2, -0.15) is 13.5 Å². The summed E-state index contributed by atoms with van der Waals surface area (Å²) in [5.74, 6) is 1.82. The standard InChI is InChI=1S/C40H51N7O4S/c1-9-10-11-12-19-46-34-20-26(2)33(23-32(34)27(3)24-40(46,7)8)42-35-36(39(4,5)6)44-47-38(35)43-37(45-47)28-15-13-16-29(21-28)41-25-51-30-17-14-18-31(22-30)52(48,49)50/h13-18,20-23,27,41H,9-12,19,24-25H2,1-8H3,(H,48,49,50)/b42-35-. The molecule has 0 bridgehead atoms. The molecule has 276 valence electrons. The second-order valence-corrected chi connectivity index (χ2v) is 17.1. The summed E-state index contributed by atoms with van der Waals surface area (Å²) < 4.78 is 38.0. The molecule has 2 aliphatic heterocycles. The van der Waals surface area contributed by atoms with E-state index in [2.05, 4.69) is 77.7 Å². The number of ether oxygens (including phenoxy) is 1. The van der Waals surface area contributed by atoms with Crippen molar-refractivity contribution in [2.45, 2.75) is 104 Å². The van der Waals surface area contributed by atoms with Crippen LogP contribution in [-0.2, 0) is 10.1 Å². The average Bonchev–Trinajstić information content (AvgIpc) is 3.64. The maximum atomic E-state index is 11.5. The van der Waals surface area contributed by atoms with Crippen LogP contribution in [-0.4, -0.2) is 58.1 Å². The first kappa shape index (κ1) is 37.2. The van der Waals surface area contributed by atoms with E-state index in [1.807, 2.05) is 24.3 Å². The van der Waals surface area contributed by atoms with Crippen molar-refractivity contribution in [3.05, 3.63) is 77.6 Å². The fourth-order valence-corrected chi connectivity index (χ4v) is 7.69. The number of hydrogen-bond acceptors (Lipinski definition) is 9. The number of rotatable bonds is 12. The smallest absolute Gasteiger partial charge is 0.294 e. The number of aryl methyl sites for hydroxylation is 1. The molecule has 0 amide bonds. The lowest BCUT2D eigenvalue weighted by atomic mass is 9.79. The predicted octanol–water partition coefficient (Wildman–Crippen LogP) is 9.01. The number of unbranched alkanes of at least 4 members (excludes halogenated alkanes) is 3. The minimum atomic E-state index is -4.33. The molecule has 52 heavy (non-hydrogen) atoms. The van der Waals surface area contributed by atoms with E-state index in [0.29, 0.717) is 23.3 Å². The van der Waals surface area contributed by atoms with E-state index in [1.165, 1.54) is 55.1 Å². The molecule has 1 unspecified atom stereocenters. The summed E-state index contributed by atoms with van der Waals surface area (Å²) >= 11 is 0. The van der Waals surface area contributed by atoms with Crippen LogP contribution >= 0.6 is 0 Å². The van der Waals surface area contributed by atoms with Crippen molar-refractivity contribution in [2.75, 3.05) is 23.5 Å². The molecule has 12 heteroatoms. The summed E-state index contributed by atoms with van der Waals surface area (Å²) in [4.78, 5) is 14.3. The lowest BCUT2D eigenvalue weighted by Gasteiger charge is -2.48. The fourth-order valence-electron chi connectivity index (χ4n) is 7.18. The lowest BCUT2D eigenvalue weighted by molar-refractivity contribution is 0.345. The van der Waals surface area contributed by atoms with Crippen LogP contribution in [0.15, 0.2) is 75.7 Å². The maximum Gasteiger partial charge on any atom is 0.294 e. The van der Waals surface area contributed by atoms with E-state index in [1.54, 1.807) is 10.9 Å². The molecule has 0 aliphatic carbocycles. The average molecular weight is 726 g/mol. The Balaban J connectivity index is 1.28. The third-order valence-corrected chi connectivity index (χ3v) is 10.7. The summed E-state index contributed by atoms with van der Waals surface area (Å²) in [5, 5.41) is 12.9. The van der Waals surface area contributed by atoms with Gasteiger partial charge in [0.15, 0.2) is 12.6 Å². The first-order valence-electron chi connectivity index (χ1n) is 18.2. The molecule has 0 radical (unpaired) electrons. The van der Waals surface area contributed by atoms with Crippen molar-refractivity contribution < 1.29 is 17.7 Å². The molecule has 6 rings (SSSR count). The Bertz CT molecular complexity index is 2130. The zero-order chi connectivity index (χ0) is 37.4. The minimum Gasteiger partial charge on any atom is -0.473 e. The number of fused-ring (bicyclic) bond motifs is 2. The van der Waals surface area contributed by atoms with Gasteiger partial charge in [-0.25, -0.2) is 9.98 Å². The number of anilines is 2. The van der Waals surface area contributed by atoms with Gasteiger partial charge < -0.3 is 15.0 Å². The molecule has 1 atom stereocenters. The number of nitrogens with one attached hydrogen (secondary N) is 1. The van der Waals surface area contributed by atoms with Crippen LogP contribution in [0.2, 0.25) is 0 Å². The Morgan fingerprint density at radius 2 is 1.83 bits per heavy atom. The second-order valence-electron chi connectivity index (χ2n) is 15.6. The Hall–Kier alpha value is -4.55. The zero-order valence-corrected chi connectivity index (χ0v) is 32.4. The Kier molecular flexibility index (Phi) is 10.4. The summed E-state index contributed by atoms with van der Waals surface area (Å²) in [7, 11) is -4.33. The SMILES string of the molecule is CCCCCCN1c2cc(C)c(/N=C3/C(C(C)(C)C)=Nn4nc(-c5cccc(NCOc6cccc(S(=O)(=O)O)c6)c5)nc43)cc2C(C)CC1(C)C. The highest BCUT2D eigenvalue weighted by Crippen LogP contribution is 2.46. The van der Waals surface area contributed by atoms with Gasteiger partial charge in [-0.1, -0.05) is 72.1 Å². The third-order valence-electron chi connectivity index (χ3n) is 9.84. The summed E-state index contributed by atoms with van der Waals surface area (Å²) in [6.45, 7) is 19.0. The topological polar surface area (TPSA) is 134 Å². The molecule has 4 aromatic rings. The molecule has 2 aliphatic rings. The molecule has 11 nitrogen and oxygen atoms in total. The van der Waals surface area contributed by atoms with Gasteiger partial charge in [0.1, 0.15) is 11.5 Å². The van der Waals surface area contributed by atoms with Crippen molar-refractivity contribution in [2.24, 2.45) is 15.5 Å². The van der Waals surface area contributed by atoms with E-state index in [-0.39, 0.29) is 22.6 Å². The van der Waals surface area contributed by atoms with Crippen LogP contribution in [0.1, 0.15) is 103 Å². The molecular formula is C40H51N7O4S. The van der Waals surface area contributed by atoms with Crippen LogP contribution in [0.4, 0.5) is 17.1 Å². The normalized spacial score (nSPS) is 17.6. The summed E-state index contributed by atoms with van der Waals surface area (Å²) in [6.07, 6.45) is 6.03. The highest BCUT2D eigenvalue weighted by molar-refractivity contribution is 7.85. The zero-order valence-electron chi connectivity index (χ0n) is 31.6. The van der Waals surface area contributed by atoms with Crippen LogP contribution in [0.3, 0.4) is 0 Å². The first-order valence-corrected chi connectivity index (χ1v) is 19.6. The van der Waals surface area contributed by atoms with Gasteiger partial charge in [0.25, 0.3) is 10.1 Å². The predicted molar refractivity (Wildman–Crippen MR) is 209 cm³/mol. The monoisotopic (exact) mass is 725 g/mol. The molecule has 3 heterocycles. The van der Waals surface area contributed by atoms with Crippen molar-refractivity contribution >= 4 is 38.6 Å². The van der Waals surface area contributed by atoms with E-state index in [9.17, 15) is 13.0 Å². The van der Waals surface area contributed by atoms with Crippen LogP contribution < -0.4 is 15.0 Å². The highest BCUT2D eigenvalue weighted by Gasteiger charge is 2.38. The molecule has 0 fully saturated rings. The van der Waals surface area contributed by atoms with E-state index >= 15 is 0 Å². The fraction of sp³-hybridized carbons (Fsp3) is 0.450. The summed E-state index contributed by atoms with van der Waals surface area (Å²) in [5.41, 5.74) is 7.61. The Morgan fingerprint density at radius 1 is 1.06 bits per heavy atom. The van der Waals surface area contributed by atoms with Gasteiger partial charge in [-0.15, -0.1) is 9.89 Å². The Morgan fingerprint density at radius 3 is 2.56 bits per heavy atom. The number of hydrogen-bond donors (Lipinski definition) is 2. The third kappa shape index (κ3) is 7.92. The molecule has 0 spiro atoms. The molecule has 3 aromatic carbocycles. The van der Waals surface area contributed by atoms with E-state index in [0.717, 1.165) is 46.9 Å². The van der Waals surface area contributed by atoms with Crippen molar-refractivity contribution in [3.63, 3.8) is 0 Å². The molecule has 0 saturated carbocycles. The summed E-state index contributed by atoms with van der Waals surface area (Å²) in [6, 6.07) is 17.9. The number of aromatic nitrogens is 3. The number of nitrogens with zero attached hydrogens (tertiary/aromatic N) is 6. The van der Waals surface area contributed by atoms with Gasteiger partial charge in [0.05, 0.1) is 16.3 Å². The van der Waals surface area contributed by atoms with Gasteiger partial charge in [-0.3, -0.25) is 4.55 Å². The number of aliphatic imine (C=N–C) groups is 1. The van der Waals surface area contributed by atoms with Crippen molar-refractivity contribution in [1.82, 2.24) is 14.9 Å².